The molecule has 0 amide bonds. The summed E-state index contributed by atoms with van der Waals surface area (Å²) in [5.41, 5.74) is 5.89. The molecule has 1 unspecified atom stereocenters. The number of aliphatic carboxylic acids is 1. The number of rotatable bonds is 3. The van der Waals surface area contributed by atoms with E-state index in [0.29, 0.717) is 22.8 Å². The van der Waals surface area contributed by atoms with Gasteiger partial charge < -0.3 is 25.1 Å². The molecule has 1 aromatic carbocycles. The molecule has 0 spiro atoms. The van der Waals surface area contributed by atoms with Crippen LogP contribution in [0.1, 0.15) is 11.6 Å². The summed E-state index contributed by atoms with van der Waals surface area (Å²) >= 11 is 0. The minimum atomic E-state index is -1.15. The summed E-state index contributed by atoms with van der Waals surface area (Å²) in [5.74, 6) is 0.252. The summed E-state index contributed by atoms with van der Waals surface area (Å²) in [6.45, 7) is 0.115. The molecule has 6 nitrogen and oxygen atoms in total. The van der Waals surface area contributed by atoms with E-state index in [-0.39, 0.29) is 6.79 Å². The number of carboxylic acid groups (broad SMARTS) is 1. The Labute approximate surface area is 91.5 Å². The van der Waals surface area contributed by atoms with Gasteiger partial charge in [0.1, 0.15) is 11.8 Å². The highest BCUT2D eigenvalue weighted by atomic mass is 16.7. The molecule has 3 N–H and O–H groups in total. The van der Waals surface area contributed by atoms with E-state index in [2.05, 4.69) is 0 Å². The van der Waals surface area contributed by atoms with Crippen LogP contribution in [-0.4, -0.2) is 25.0 Å². The van der Waals surface area contributed by atoms with Crippen LogP contribution in [0.2, 0.25) is 0 Å². The Bertz CT molecular complexity index is 431. The van der Waals surface area contributed by atoms with Crippen LogP contribution in [-0.2, 0) is 4.79 Å². The van der Waals surface area contributed by atoms with E-state index in [1.165, 1.54) is 13.2 Å². The van der Waals surface area contributed by atoms with Crippen molar-refractivity contribution < 1.29 is 24.1 Å². The first-order valence-corrected chi connectivity index (χ1v) is 4.59. The second-order valence-corrected chi connectivity index (χ2v) is 3.26. The van der Waals surface area contributed by atoms with Crippen LogP contribution in [0.4, 0.5) is 0 Å². The maximum absolute atomic E-state index is 10.8. The van der Waals surface area contributed by atoms with Crippen molar-refractivity contribution in [2.45, 2.75) is 6.04 Å². The van der Waals surface area contributed by atoms with Crippen LogP contribution >= 0.6 is 0 Å². The molecule has 0 radical (unpaired) electrons. The van der Waals surface area contributed by atoms with E-state index in [9.17, 15) is 4.79 Å². The lowest BCUT2D eigenvalue weighted by molar-refractivity contribution is -0.138. The van der Waals surface area contributed by atoms with Gasteiger partial charge in [0.15, 0.2) is 11.5 Å². The lowest BCUT2D eigenvalue weighted by Gasteiger charge is -2.12. The lowest BCUT2D eigenvalue weighted by Crippen LogP contribution is -2.21. The van der Waals surface area contributed by atoms with Crippen molar-refractivity contribution in [1.82, 2.24) is 0 Å². The molecular formula is C10H11NO5. The minimum absolute atomic E-state index is 0.115. The number of methoxy groups -OCH3 is 1. The summed E-state index contributed by atoms with van der Waals surface area (Å²) in [7, 11) is 1.44. The van der Waals surface area contributed by atoms with Gasteiger partial charge in [-0.05, 0) is 6.07 Å². The fraction of sp³-hybridized carbons (Fsp3) is 0.300. The van der Waals surface area contributed by atoms with Gasteiger partial charge in [-0.1, -0.05) is 0 Å². The van der Waals surface area contributed by atoms with Gasteiger partial charge in [-0.3, -0.25) is 4.79 Å². The van der Waals surface area contributed by atoms with Crippen molar-refractivity contribution in [3.63, 3.8) is 0 Å². The molecule has 16 heavy (non-hydrogen) atoms. The third-order valence-electron chi connectivity index (χ3n) is 2.33. The van der Waals surface area contributed by atoms with Gasteiger partial charge in [-0.25, -0.2) is 0 Å². The summed E-state index contributed by atoms with van der Waals surface area (Å²) in [4.78, 5) is 10.8. The highest BCUT2D eigenvalue weighted by Crippen LogP contribution is 2.39. The minimum Gasteiger partial charge on any atom is -0.496 e. The molecule has 6 heteroatoms. The number of fused-ring (bicyclic) bond motifs is 1. The van der Waals surface area contributed by atoms with Gasteiger partial charge in [-0.2, -0.15) is 0 Å². The number of ether oxygens (including phenoxy) is 3. The van der Waals surface area contributed by atoms with E-state index in [1.54, 1.807) is 6.07 Å². The second-order valence-electron chi connectivity index (χ2n) is 3.26. The van der Waals surface area contributed by atoms with Crippen LogP contribution in [0.3, 0.4) is 0 Å². The van der Waals surface area contributed by atoms with Gasteiger partial charge in [0.25, 0.3) is 0 Å². The third kappa shape index (κ3) is 1.63. The quantitative estimate of drug-likeness (QED) is 0.778. The Hall–Kier alpha value is -1.95. The Morgan fingerprint density at radius 2 is 2.12 bits per heavy atom. The Morgan fingerprint density at radius 1 is 1.50 bits per heavy atom. The van der Waals surface area contributed by atoms with E-state index >= 15 is 0 Å². The van der Waals surface area contributed by atoms with Crippen molar-refractivity contribution in [2.24, 2.45) is 5.73 Å². The molecule has 0 saturated heterocycles. The summed E-state index contributed by atoms with van der Waals surface area (Å²) < 4.78 is 15.4. The first-order chi connectivity index (χ1) is 7.63. The zero-order valence-electron chi connectivity index (χ0n) is 8.60. The zero-order chi connectivity index (χ0) is 11.7. The smallest absolute Gasteiger partial charge is 0.325 e. The first-order valence-electron chi connectivity index (χ1n) is 4.59. The molecule has 0 aromatic heterocycles. The SMILES string of the molecule is COc1cc2c(cc1C(N)C(=O)O)OCO2. The van der Waals surface area contributed by atoms with Crippen LogP contribution in [0.25, 0.3) is 0 Å². The zero-order valence-corrected chi connectivity index (χ0v) is 8.60. The number of carbonyl (C=O) groups is 1. The molecule has 0 fully saturated rings. The van der Waals surface area contributed by atoms with E-state index in [4.69, 9.17) is 25.1 Å². The van der Waals surface area contributed by atoms with Crippen molar-refractivity contribution in [1.29, 1.82) is 0 Å². The lowest BCUT2D eigenvalue weighted by atomic mass is 10.1. The molecule has 0 saturated carbocycles. The van der Waals surface area contributed by atoms with Gasteiger partial charge >= 0.3 is 5.97 Å². The maximum atomic E-state index is 10.8. The van der Waals surface area contributed by atoms with Crippen molar-refractivity contribution >= 4 is 5.97 Å². The molecule has 1 atom stereocenters. The summed E-state index contributed by atoms with van der Waals surface area (Å²) in [6, 6.07) is 1.95. The first kappa shape index (κ1) is 10.6. The predicted molar refractivity (Wildman–Crippen MR) is 53.7 cm³/mol. The molecule has 1 aromatic rings. The molecule has 86 valence electrons. The molecule has 0 aliphatic carbocycles. The predicted octanol–water partition coefficient (Wildman–Crippen LogP) is 0.508. The van der Waals surface area contributed by atoms with Crippen molar-refractivity contribution in [3.05, 3.63) is 17.7 Å². The van der Waals surface area contributed by atoms with Crippen LogP contribution < -0.4 is 19.9 Å². The number of hydrogen-bond donors (Lipinski definition) is 2. The van der Waals surface area contributed by atoms with Gasteiger partial charge in [-0.15, -0.1) is 0 Å². The highest BCUT2D eigenvalue weighted by Gasteiger charge is 2.24. The fourth-order valence-electron chi connectivity index (χ4n) is 1.49. The van der Waals surface area contributed by atoms with Gasteiger partial charge in [0, 0.05) is 11.6 Å². The average molecular weight is 225 g/mol. The van der Waals surface area contributed by atoms with E-state index < -0.39 is 12.0 Å². The Morgan fingerprint density at radius 3 is 2.69 bits per heavy atom. The van der Waals surface area contributed by atoms with Gasteiger partial charge in [0.2, 0.25) is 6.79 Å². The van der Waals surface area contributed by atoms with E-state index in [0.717, 1.165) is 0 Å². The summed E-state index contributed by atoms with van der Waals surface area (Å²) in [6.07, 6.45) is 0. The normalized spacial score (nSPS) is 14.6. The van der Waals surface area contributed by atoms with Crippen LogP contribution in [0.15, 0.2) is 12.1 Å². The van der Waals surface area contributed by atoms with Crippen molar-refractivity contribution in [3.8, 4) is 17.2 Å². The number of carboxylic acids is 1. The molecule has 1 heterocycles. The maximum Gasteiger partial charge on any atom is 0.325 e. The van der Waals surface area contributed by atoms with Crippen LogP contribution in [0.5, 0.6) is 17.2 Å². The molecule has 1 aliphatic rings. The number of benzene rings is 1. The number of hydrogen-bond acceptors (Lipinski definition) is 5. The van der Waals surface area contributed by atoms with Crippen molar-refractivity contribution in [2.75, 3.05) is 13.9 Å². The fourth-order valence-corrected chi connectivity index (χ4v) is 1.49. The molecule has 2 rings (SSSR count). The topological polar surface area (TPSA) is 91.0 Å². The highest BCUT2D eigenvalue weighted by molar-refractivity contribution is 5.77. The molecule has 0 bridgehead atoms. The average Bonchev–Trinajstić information content (AvgIpc) is 2.72. The van der Waals surface area contributed by atoms with E-state index in [1.807, 2.05) is 0 Å². The third-order valence-corrected chi connectivity index (χ3v) is 2.33. The molecule has 1 aliphatic heterocycles. The second kappa shape index (κ2) is 3.90. The number of nitrogens with two attached hydrogens (primary N) is 1. The Balaban J connectivity index is 2.47. The molecular weight excluding hydrogens is 214 g/mol. The van der Waals surface area contributed by atoms with Crippen LogP contribution in [0, 0.1) is 0 Å². The Kier molecular flexibility index (Phi) is 2.57. The summed E-state index contributed by atoms with van der Waals surface area (Å²) in [5, 5.41) is 8.85. The van der Waals surface area contributed by atoms with Gasteiger partial charge in [0.05, 0.1) is 7.11 Å². The monoisotopic (exact) mass is 225 g/mol. The largest absolute Gasteiger partial charge is 0.496 e. The standard InChI is InChI=1S/C10H11NO5/c1-14-6-3-8-7(15-4-16-8)2-5(6)9(11)10(12)13/h2-3,9H,4,11H2,1H3,(H,12,13).